The van der Waals surface area contributed by atoms with Crippen LogP contribution in [0.1, 0.15) is 57.6 Å². The van der Waals surface area contributed by atoms with E-state index in [-0.39, 0.29) is 32.1 Å². The molecule has 3 aliphatic rings. The van der Waals surface area contributed by atoms with Gasteiger partial charge in [0.05, 0.1) is 19.4 Å². The van der Waals surface area contributed by atoms with E-state index in [2.05, 4.69) is 54.0 Å². The summed E-state index contributed by atoms with van der Waals surface area (Å²) in [4.78, 5) is 102. The van der Waals surface area contributed by atoms with Gasteiger partial charge >= 0.3 is 5.97 Å². The van der Waals surface area contributed by atoms with Crippen molar-refractivity contribution in [3.05, 3.63) is 35.4 Å². The molecule has 0 saturated carbocycles. The highest BCUT2D eigenvalue weighted by atomic mass is 16.6. The molecule has 20 heteroatoms. The first-order valence-electron chi connectivity index (χ1n) is 17.0. The lowest BCUT2D eigenvalue weighted by Crippen LogP contribution is -2.66. The summed E-state index contributed by atoms with van der Waals surface area (Å²) in [6, 6.07) is 1.90. The highest BCUT2D eigenvalue weighted by molar-refractivity contribution is 6.00. The molecule has 3 heterocycles. The molecule has 1 aromatic carbocycles. The molecule has 3 unspecified atom stereocenters. The highest BCUT2D eigenvalue weighted by Gasteiger charge is 2.42. The van der Waals surface area contributed by atoms with E-state index in [9.17, 15) is 33.6 Å². The zero-order valence-corrected chi connectivity index (χ0v) is 30.2. The minimum absolute atomic E-state index is 0.0513. The predicted molar refractivity (Wildman–Crippen MR) is 192 cm³/mol. The molecule has 4 rings (SSSR count). The molecule has 1 aromatic rings. The van der Waals surface area contributed by atoms with Crippen LogP contribution >= 0.6 is 0 Å². The van der Waals surface area contributed by atoms with Crippen molar-refractivity contribution in [2.24, 2.45) is 21.6 Å². The van der Waals surface area contributed by atoms with Gasteiger partial charge < -0.3 is 47.3 Å². The highest BCUT2D eigenvalue weighted by Crippen LogP contribution is 2.18. The fraction of sp³-hybridized carbons (Fsp3) is 0.545. The first kappa shape index (κ1) is 41.8. The maximum Gasteiger partial charge on any atom is 0.308 e. The predicted octanol–water partition coefficient (Wildman–Crippen LogP) is -3.47. The number of hydrogen-bond donors (Lipinski definition) is 9. The number of nitrogens with zero attached hydrogens (tertiary/aromatic N) is 3. The third kappa shape index (κ3) is 13.8. The van der Waals surface area contributed by atoms with E-state index in [0.29, 0.717) is 18.5 Å². The average Bonchev–Trinajstić information content (AvgIpc) is 3.08. The van der Waals surface area contributed by atoms with Gasteiger partial charge in [-0.15, -0.1) is 0 Å². The Morgan fingerprint density at radius 1 is 0.962 bits per heavy atom. The van der Waals surface area contributed by atoms with Crippen LogP contribution in [0.15, 0.2) is 34.3 Å². The SMILES string of the molecule is C=NC/N=C(\N)NCCCC1NC(=O)C[C@@H]2NC(=O)C(CNC(=O)C(CC(=O)OC(C)(C)C)NC(=O)CNC1=O)N(Cc1ccc(CNN)cc1)C2=O. The van der Waals surface area contributed by atoms with E-state index in [1.807, 2.05) is 0 Å². The van der Waals surface area contributed by atoms with Gasteiger partial charge in [0.1, 0.15) is 36.4 Å². The summed E-state index contributed by atoms with van der Waals surface area (Å²) in [7, 11) is 0. The van der Waals surface area contributed by atoms with Crippen molar-refractivity contribution in [3.63, 3.8) is 0 Å². The fourth-order valence-electron chi connectivity index (χ4n) is 5.46. The topological polar surface area (TPSA) is 293 Å². The Labute approximate surface area is 307 Å². The number of esters is 1. The van der Waals surface area contributed by atoms with Crippen LogP contribution in [0, 0.1) is 0 Å². The van der Waals surface area contributed by atoms with E-state index in [1.165, 1.54) is 4.90 Å². The van der Waals surface area contributed by atoms with Gasteiger partial charge in [-0.1, -0.05) is 24.3 Å². The van der Waals surface area contributed by atoms with Crippen LogP contribution in [-0.4, -0.2) is 115 Å². The number of rotatable bonds is 12. The minimum Gasteiger partial charge on any atom is -0.460 e. The molecule has 4 atom stereocenters. The molecule has 3 fully saturated rings. The Bertz CT molecular complexity index is 1540. The van der Waals surface area contributed by atoms with Gasteiger partial charge in [-0.3, -0.25) is 49.8 Å². The van der Waals surface area contributed by atoms with Gasteiger partial charge in [-0.2, -0.15) is 0 Å². The van der Waals surface area contributed by atoms with Crippen molar-refractivity contribution in [3.8, 4) is 0 Å². The van der Waals surface area contributed by atoms with Gasteiger partial charge in [-0.05, 0) is 51.5 Å². The molecular formula is C33H50N12O8. The van der Waals surface area contributed by atoms with E-state index < -0.39 is 97.1 Å². The van der Waals surface area contributed by atoms with Crippen molar-refractivity contribution in [2.75, 3.05) is 26.3 Å². The lowest BCUT2D eigenvalue weighted by atomic mass is 10.0. The van der Waals surface area contributed by atoms with Crippen LogP contribution < -0.4 is 48.9 Å². The monoisotopic (exact) mass is 742 g/mol. The van der Waals surface area contributed by atoms with E-state index in [4.69, 9.17) is 16.3 Å². The first-order valence-corrected chi connectivity index (χ1v) is 17.0. The second-order valence-corrected chi connectivity index (χ2v) is 13.4. The third-order valence-corrected chi connectivity index (χ3v) is 7.95. The van der Waals surface area contributed by atoms with Crippen LogP contribution in [-0.2, 0) is 51.4 Å². The van der Waals surface area contributed by atoms with E-state index >= 15 is 0 Å². The summed E-state index contributed by atoms with van der Waals surface area (Å²) in [6.07, 6.45) is -0.710. The van der Waals surface area contributed by atoms with Crippen LogP contribution in [0.25, 0.3) is 0 Å². The van der Waals surface area contributed by atoms with Crippen molar-refractivity contribution in [1.82, 2.24) is 42.2 Å². The molecule has 53 heavy (non-hydrogen) atoms. The van der Waals surface area contributed by atoms with Crippen molar-refractivity contribution < 1.29 is 38.3 Å². The number of nitrogens with one attached hydrogen (secondary N) is 7. The Morgan fingerprint density at radius 2 is 1.62 bits per heavy atom. The smallest absolute Gasteiger partial charge is 0.308 e. The molecule has 0 spiro atoms. The van der Waals surface area contributed by atoms with Gasteiger partial charge in [0.25, 0.3) is 0 Å². The number of nitrogens with two attached hydrogens (primary N) is 2. The molecule has 3 aliphatic heterocycles. The first-order chi connectivity index (χ1) is 25.1. The van der Waals surface area contributed by atoms with Crippen LogP contribution in [0.2, 0.25) is 0 Å². The molecule has 6 amide bonds. The molecule has 20 nitrogen and oxygen atoms in total. The quantitative estimate of drug-likeness (QED) is 0.0192. The molecule has 0 aromatic heterocycles. The van der Waals surface area contributed by atoms with Crippen molar-refractivity contribution in [2.45, 2.75) is 89.3 Å². The summed E-state index contributed by atoms with van der Waals surface area (Å²) in [5, 5.41) is 15.5. The summed E-state index contributed by atoms with van der Waals surface area (Å²) < 4.78 is 5.35. The molecule has 2 bridgehead atoms. The van der Waals surface area contributed by atoms with Gasteiger partial charge in [0, 0.05) is 26.2 Å². The Balaban J connectivity index is 1.92. The second-order valence-electron chi connectivity index (χ2n) is 13.4. The average molecular weight is 743 g/mol. The summed E-state index contributed by atoms with van der Waals surface area (Å²) in [5.74, 6) is 0.346. The number of amides is 6. The molecule has 290 valence electrons. The number of carbonyl (C=O) groups excluding carboxylic acids is 7. The van der Waals surface area contributed by atoms with Gasteiger partial charge in [0.2, 0.25) is 35.4 Å². The van der Waals surface area contributed by atoms with E-state index in [0.717, 1.165) is 5.56 Å². The molecule has 0 radical (unpaired) electrons. The zero-order valence-electron chi connectivity index (χ0n) is 30.2. The van der Waals surface area contributed by atoms with Crippen molar-refractivity contribution >= 4 is 54.1 Å². The number of benzene rings is 1. The summed E-state index contributed by atoms with van der Waals surface area (Å²) >= 11 is 0. The van der Waals surface area contributed by atoms with Crippen LogP contribution in [0.4, 0.5) is 0 Å². The number of fused-ring (bicyclic) bond motifs is 14. The number of ether oxygens (including phenoxy) is 1. The van der Waals surface area contributed by atoms with Crippen molar-refractivity contribution in [1.29, 1.82) is 0 Å². The Hall–Kier alpha value is -5.63. The van der Waals surface area contributed by atoms with E-state index in [1.54, 1.807) is 45.0 Å². The normalized spacial score (nSPS) is 22.1. The van der Waals surface area contributed by atoms with Gasteiger partial charge in [0.15, 0.2) is 5.96 Å². The Morgan fingerprint density at radius 3 is 2.28 bits per heavy atom. The number of piperazine rings is 1. The number of carbonyl (C=O) groups is 7. The molecule has 3 saturated heterocycles. The lowest BCUT2D eigenvalue weighted by Gasteiger charge is -2.39. The summed E-state index contributed by atoms with van der Waals surface area (Å²) in [6.45, 7) is 7.87. The second kappa shape index (κ2) is 19.8. The van der Waals surface area contributed by atoms with Crippen LogP contribution in [0.5, 0.6) is 0 Å². The third-order valence-electron chi connectivity index (χ3n) is 7.95. The molecule has 0 aliphatic carbocycles. The standard InChI is InChI=1S/C33H50N12O8/c1-33(2,3)53-27(48)13-22-29(50)38-15-24-30(51)44-23(31(52)45(24)17-20-9-7-19(8-10-20)14-41-35)12-25(46)42-21(28(49)39-16-26(47)43-22)6-5-11-37-32(34)40-18-36-4/h7-10,21-24,41H,4-6,11-18,35H2,1-3H3,(H,38,50)(H,39,49)(H,42,46)(H,43,47)(H,44,51)(H3,34,37,40)/t21?,22?,23-,24?/m0/s1. The largest absolute Gasteiger partial charge is 0.460 e. The number of hydrazine groups is 1. The van der Waals surface area contributed by atoms with Crippen LogP contribution in [0.3, 0.4) is 0 Å². The summed E-state index contributed by atoms with van der Waals surface area (Å²) in [5.41, 5.74) is 8.93. The number of hydrogen-bond acceptors (Lipinski definition) is 12. The molecule has 11 N–H and O–H groups in total. The minimum atomic E-state index is -1.47. The fourth-order valence-corrected chi connectivity index (χ4v) is 5.46. The Kier molecular flexibility index (Phi) is 15.6. The van der Waals surface area contributed by atoms with Gasteiger partial charge in [-0.25, -0.2) is 4.99 Å². The maximum absolute atomic E-state index is 13.9. The molecular weight excluding hydrogens is 692 g/mol. The zero-order chi connectivity index (χ0) is 39.1. The maximum atomic E-state index is 13.9. The number of aliphatic imine (C=N–C) groups is 2. The lowest BCUT2D eigenvalue weighted by molar-refractivity contribution is -0.156. The number of guanidine groups is 1.